The van der Waals surface area contributed by atoms with E-state index in [-0.39, 0.29) is 6.54 Å². The number of anilines is 1. The van der Waals surface area contributed by atoms with Crippen molar-refractivity contribution >= 4 is 28.5 Å². The zero-order valence-corrected chi connectivity index (χ0v) is 16.5. The van der Waals surface area contributed by atoms with Crippen LogP contribution in [0, 0.1) is 11.3 Å². The van der Waals surface area contributed by atoms with Gasteiger partial charge in [-0.2, -0.15) is 5.26 Å². The third-order valence-electron chi connectivity index (χ3n) is 5.42. The van der Waals surface area contributed by atoms with E-state index >= 15 is 0 Å². The summed E-state index contributed by atoms with van der Waals surface area (Å²) in [6.45, 7) is -0.114. The first-order valence-electron chi connectivity index (χ1n) is 10.0. The Morgan fingerprint density at radius 2 is 1.97 bits per heavy atom. The summed E-state index contributed by atoms with van der Waals surface area (Å²) in [5, 5.41) is 17.9. The number of aromatic nitrogens is 1. The lowest BCUT2D eigenvalue weighted by atomic mass is 10.0. The quantitative estimate of drug-likeness (QED) is 0.477. The van der Waals surface area contributed by atoms with Crippen LogP contribution < -0.4 is 16.0 Å². The molecule has 152 valence electrons. The van der Waals surface area contributed by atoms with Gasteiger partial charge in [-0.05, 0) is 54.2 Å². The summed E-state index contributed by atoms with van der Waals surface area (Å²) in [5.41, 5.74) is 5.17. The Labute approximate surface area is 174 Å². The van der Waals surface area contributed by atoms with Crippen LogP contribution in [0.2, 0.25) is 0 Å². The van der Waals surface area contributed by atoms with Gasteiger partial charge in [0.2, 0.25) is 5.91 Å². The van der Waals surface area contributed by atoms with Crippen molar-refractivity contribution in [1.29, 1.82) is 5.26 Å². The maximum absolute atomic E-state index is 12.6. The third-order valence-corrected chi connectivity index (χ3v) is 5.42. The van der Waals surface area contributed by atoms with Crippen LogP contribution >= 0.6 is 0 Å². The molecule has 0 saturated heterocycles. The number of nitriles is 1. The fourth-order valence-electron chi connectivity index (χ4n) is 3.95. The average Bonchev–Trinajstić information content (AvgIpc) is 3.38. The molecule has 0 spiro atoms. The molecule has 1 aliphatic rings. The topological polar surface area (TPSA) is 110 Å². The minimum Gasteiger partial charge on any atom is -0.361 e. The van der Waals surface area contributed by atoms with Gasteiger partial charge in [0.05, 0.1) is 6.07 Å². The molecule has 1 heterocycles. The molecule has 3 aromatic rings. The fraction of sp³-hybridized carbons (Fsp3) is 0.261. The highest BCUT2D eigenvalue weighted by Gasteiger charge is 2.23. The summed E-state index contributed by atoms with van der Waals surface area (Å²) in [4.78, 5) is 28.4. The normalized spacial score (nSPS) is 13.3. The highest BCUT2D eigenvalue weighted by Crippen LogP contribution is 2.25. The SMILES string of the molecule is N#CCNC(=O)C(Cc1c[nH]c2ccccc12)NC(=O)Nc1ccc2c(c1)CCC2. The van der Waals surface area contributed by atoms with Crippen LogP contribution in [0.3, 0.4) is 0 Å². The molecule has 3 amide bonds. The van der Waals surface area contributed by atoms with Crippen molar-refractivity contribution in [3.63, 3.8) is 0 Å². The zero-order valence-electron chi connectivity index (χ0n) is 16.5. The summed E-state index contributed by atoms with van der Waals surface area (Å²) in [7, 11) is 0. The summed E-state index contributed by atoms with van der Waals surface area (Å²) < 4.78 is 0. The number of rotatable bonds is 6. The molecule has 0 fully saturated rings. The smallest absolute Gasteiger partial charge is 0.319 e. The van der Waals surface area contributed by atoms with Crippen molar-refractivity contribution in [1.82, 2.24) is 15.6 Å². The number of H-pyrrole nitrogens is 1. The summed E-state index contributed by atoms with van der Waals surface area (Å²) >= 11 is 0. The molecule has 7 heteroatoms. The van der Waals surface area contributed by atoms with Crippen LogP contribution in [0.1, 0.15) is 23.1 Å². The van der Waals surface area contributed by atoms with E-state index in [4.69, 9.17) is 5.26 Å². The Hall–Kier alpha value is -3.79. The van der Waals surface area contributed by atoms with Gasteiger partial charge in [-0.1, -0.05) is 24.3 Å². The first kappa shape index (κ1) is 19.5. The lowest BCUT2D eigenvalue weighted by molar-refractivity contribution is -0.122. The van der Waals surface area contributed by atoms with Crippen LogP contribution in [0.25, 0.3) is 10.9 Å². The number of hydrogen-bond acceptors (Lipinski definition) is 3. The van der Waals surface area contributed by atoms with E-state index < -0.39 is 18.0 Å². The number of carbonyl (C=O) groups is 2. The first-order valence-corrected chi connectivity index (χ1v) is 10.0. The highest BCUT2D eigenvalue weighted by molar-refractivity contribution is 5.94. The molecular weight excluding hydrogens is 378 g/mol. The lowest BCUT2D eigenvalue weighted by Crippen LogP contribution is -2.49. The van der Waals surface area contributed by atoms with Gasteiger partial charge in [0.25, 0.3) is 0 Å². The number of aromatic amines is 1. The van der Waals surface area contributed by atoms with Gasteiger partial charge in [-0.15, -0.1) is 0 Å². The van der Waals surface area contributed by atoms with Crippen molar-refractivity contribution in [2.24, 2.45) is 0 Å². The second-order valence-electron chi connectivity index (χ2n) is 7.43. The number of amides is 3. The molecule has 0 radical (unpaired) electrons. The van der Waals surface area contributed by atoms with Gasteiger partial charge in [-0.3, -0.25) is 4.79 Å². The second kappa shape index (κ2) is 8.70. The Kier molecular flexibility index (Phi) is 5.66. The molecule has 0 aliphatic heterocycles. The number of carbonyl (C=O) groups excluding carboxylic acids is 2. The van der Waals surface area contributed by atoms with Gasteiger partial charge in [-0.25, -0.2) is 4.79 Å². The number of urea groups is 1. The Morgan fingerprint density at radius 1 is 1.13 bits per heavy atom. The molecule has 30 heavy (non-hydrogen) atoms. The molecule has 1 unspecified atom stereocenters. The number of benzene rings is 2. The molecule has 2 aromatic carbocycles. The maximum Gasteiger partial charge on any atom is 0.319 e. The van der Waals surface area contributed by atoms with Gasteiger partial charge in [0.15, 0.2) is 0 Å². The predicted molar refractivity (Wildman–Crippen MR) is 115 cm³/mol. The zero-order chi connectivity index (χ0) is 20.9. The van der Waals surface area contributed by atoms with Crippen molar-refractivity contribution in [2.75, 3.05) is 11.9 Å². The molecule has 7 nitrogen and oxygen atoms in total. The van der Waals surface area contributed by atoms with Crippen LogP contribution in [0.4, 0.5) is 10.5 Å². The summed E-state index contributed by atoms with van der Waals surface area (Å²) in [6, 6.07) is 14.3. The van der Waals surface area contributed by atoms with E-state index in [2.05, 4.69) is 20.9 Å². The lowest BCUT2D eigenvalue weighted by Gasteiger charge is -2.18. The van der Waals surface area contributed by atoms with Gasteiger partial charge in [0.1, 0.15) is 12.6 Å². The first-order chi connectivity index (χ1) is 14.6. The minimum atomic E-state index is -0.813. The number of fused-ring (bicyclic) bond motifs is 2. The highest BCUT2D eigenvalue weighted by atomic mass is 16.2. The minimum absolute atomic E-state index is 0.114. The Balaban J connectivity index is 1.48. The Bertz CT molecular complexity index is 1130. The largest absolute Gasteiger partial charge is 0.361 e. The predicted octanol–water partition coefficient (Wildman–Crippen LogP) is 3.03. The van der Waals surface area contributed by atoms with Crippen LogP contribution in [-0.2, 0) is 24.1 Å². The van der Waals surface area contributed by atoms with Crippen molar-refractivity contribution in [3.05, 3.63) is 65.4 Å². The van der Waals surface area contributed by atoms with Gasteiger partial charge in [0, 0.05) is 29.2 Å². The molecule has 1 aliphatic carbocycles. The molecule has 1 atom stereocenters. The van der Waals surface area contributed by atoms with Crippen LogP contribution in [-0.4, -0.2) is 29.5 Å². The van der Waals surface area contributed by atoms with E-state index in [1.807, 2.05) is 54.7 Å². The van der Waals surface area contributed by atoms with Crippen LogP contribution in [0.15, 0.2) is 48.7 Å². The van der Waals surface area contributed by atoms with Crippen molar-refractivity contribution < 1.29 is 9.59 Å². The molecule has 1 aromatic heterocycles. The van der Waals surface area contributed by atoms with E-state index in [0.29, 0.717) is 12.1 Å². The van der Waals surface area contributed by atoms with Crippen molar-refractivity contribution in [3.8, 4) is 6.07 Å². The third kappa shape index (κ3) is 4.28. The molecule has 0 saturated carbocycles. The number of hydrogen-bond donors (Lipinski definition) is 4. The number of aryl methyl sites for hydroxylation is 2. The van der Waals surface area contributed by atoms with Crippen molar-refractivity contribution in [2.45, 2.75) is 31.7 Å². The molecule has 4 rings (SSSR count). The van der Waals surface area contributed by atoms with E-state index in [0.717, 1.165) is 35.7 Å². The standard InChI is InChI=1S/C23H23N5O2/c24-10-11-25-22(29)21(13-17-14-26-20-7-2-1-6-19(17)20)28-23(30)27-18-9-8-15-4-3-5-16(15)12-18/h1-2,6-9,12,14,21,26H,3-5,11,13H2,(H,25,29)(H2,27,28,30). The van der Waals surface area contributed by atoms with E-state index in [1.165, 1.54) is 11.1 Å². The number of para-hydroxylation sites is 1. The molecule has 0 bridgehead atoms. The number of nitrogens with one attached hydrogen (secondary N) is 4. The van der Waals surface area contributed by atoms with E-state index in [9.17, 15) is 9.59 Å². The average molecular weight is 401 g/mol. The fourth-order valence-corrected chi connectivity index (χ4v) is 3.95. The van der Waals surface area contributed by atoms with Crippen LogP contribution in [0.5, 0.6) is 0 Å². The van der Waals surface area contributed by atoms with Gasteiger partial charge < -0.3 is 20.9 Å². The second-order valence-corrected chi connectivity index (χ2v) is 7.43. The maximum atomic E-state index is 12.6. The molecular formula is C23H23N5O2. The summed E-state index contributed by atoms with van der Waals surface area (Å²) in [6.07, 6.45) is 5.38. The van der Waals surface area contributed by atoms with Gasteiger partial charge >= 0.3 is 6.03 Å². The number of nitrogens with zero attached hydrogens (tertiary/aromatic N) is 1. The molecule has 4 N–H and O–H groups in total. The van der Waals surface area contributed by atoms with E-state index in [1.54, 1.807) is 0 Å². The monoisotopic (exact) mass is 401 g/mol. The Morgan fingerprint density at radius 3 is 2.83 bits per heavy atom. The summed E-state index contributed by atoms with van der Waals surface area (Å²) in [5.74, 6) is -0.397.